The largest absolute Gasteiger partial charge is 0.446 e. The number of aliphatic hydroxyl groups is 1. The number of carbonyl (C=O) groups excluding carboxylic acids is 3. The summed E-state index contributed by atoms with van der Waals surface area (Å²) in [6.45, 7) is 4.87. The molecule has 1 aromatic heterocycles. The summed E-state index contributed by atoms with van der Waals surface area (Å²) in [5.74, 6) is -3.53. The number of ether oxygens (including phenoxy) is 1. The van der Waals surface area contributed by atoms with Crippen molar-refractivity contribution < 1.29 is 37.4 Å². The summed E-state index contributed by atoms with van der Waals surface area (Å²) in [5.41, 5.74) is -6.79. The van der Waals surface area contributed by atoms with E-state index in [1.807, 2.05) is 0 Å². The molecule has 5 nitrogen and oxygen atoms in total. The molecular weight excluding hydrogens is 525 g/mol. The number of esters is 1. The van der Waals surface area contributed by atoms with E-state index in [0.29, 0.717) is 11.8 Å². The number of ketones is 1. The van der Waals surface area contributed by atoms with Crippen LogP contribution in [0.1, 0.15) is 50.4 Å². The van der Waals surface area contributed by atoms with Gasteiger partial charge < -0.3 is 9.84 Å². The minimum absolute atomic E-state index is 0.00617. The first-order valence-electron chi connectivity index (χ1n) is 12.3. The first-order chi connectivity index (χ1) is 17.4. The Kier molecular flexibility index (Phi) is 6.35. The Hall–Kier alpha value is -1.91. The molecule has 4 aliphatic carbocycles. The second kappa shape index (κ2) is 8.81. The molecule has 0 aliphatic heterocycles. The van der Waals surface area contributed by atoms with Crippen LogP contribution in [0, 0.1) is 28.6 Å². The highest BCUT2D eigenvalue weighted by molar-refractivity contribution is 8.13. The molecule has 0 saturated heterocycles. The molecule has 4 aliphatic rings. The average molecular weight is 555 g/mol. The lowest BCUT2D eigenvalue weighted by Crippen LogP contribution is -2.70. The van der Waals surface area contributed by atoms with Crippen molar-refractivity contribution in [1.29, 1.82) is 0 Å². The van der Waals surface area contributed by atoms with Gasteiger partial charge in [0, 0.05) is 28.0 Å². The van der Waals surface area contributed by atoms with Gasteiger partial charge in [0.15, 0.2) is 17.1 Å². The summed E-state index contributed by atoms with van der Waals surface area (Å²) >= 11 is 1.66. The van der Waals surface area contributed by atoms with Crippen molar-refractivity contribution in [1.82, 2.24) is 0 Å². The molecule has 5 unspecified atom stereocenters. The Morgan fingerprint density at radius 1 is 1.27 bits per heavy atom. The Labute approximate surface area is 221 Å². The van der Waals surface area contributed by atoms with E-state index >= 15 is 8.78 Å². The van der Waals surface area contributed by atoms with Gasteiger partial charge in [0.05, 0.1) is 11.7 Å². The molecule has 0 radical (unpaired) electrons. The zero-order valence-electron chi connectivity index (χ0n) is 20.7. The van der Waals surface area contributed by atoms with Gasteiger partial charge in [-0.3, -0.25) is 9.59 Å². The average Bonchev–Trinajstić information content (AvgIpc) is 3.45. The van der Waals surface area contributed by atoms with Crippen molar-refractivity contribution in [2.45, 2.75) is 63.6 Å². The minimum Gasteiger partial charge on any atom is -0.446 e. The number of thioether (sulfide) groups is 1. The Balaban J connectivity index is 1.64. The number of hydrogen-bond donors (Lipinski definition) is 1. The summed E-state index contributed by atoms with van der Waals surface area (Å²) in [6.07, 6.45) is 0.0533. The maximum atomic E-state index is 17.4. The summed E-state index contributed by atoms with van der Waals surface area (Å²) in [5, 5.41) is 14.1. The van der Waals surface area contributed by atoms with Crippen LogP contribution in [0.5, 0.6) is 0 Å². The topological polar surface area (TPSA) is 80.7 Å². The van der Waals surface area contributed by atoms with E-state index in [1.165, 1.54) is 30.4 Å². The van der Waals surface area contributed by atoms with Gasteiger partial charge in [-0.1, -0.05) is 19.9 Å². The fourth-order valence-electron chi connectivity index (χ4n) is 7.96. The molecular formula is C27H29F3O5S2. The third-order valence-electron chi connectivity index (χ3n) is 9.67. The lowest BCUT2D eigenvalue weighted by molar-refractivity contribution is -0.221. The maximum absolute atomic E-state index is 17.4. The number of thiophene rings is 1. The second-order valence-corrected chi connectivity index (χ2v) is 12.8. The van der Waals surface area contributed by atoms with Gasteiger partial charge in [-0.15, -0.1) is 0 Å². The molecule has 1 aromatic rings. The van der Waals surface area contributed by atoms with Gasteiger partial charge in [-0.2, -0.15) is 11.3 Å². The number of halogens is 3. The van der Waals surface area contributed by atoms with Crippen molar-refractivity contribution in [2.75, 3.05) is 6.01 Å². The first-order valence-corrected chi connectivity index (χ1v) is 14.2. The third-order valence-corrected chi connectivity index (χ3v) is 11.0. The highest BCUT2D eigenvalue weighted by atomic mass is 32.2. The van der Waals surface area contributed by atoms with Gasteiger partial charge in [0.25, 0.3) is 0 Å². The Bertz CT molecular complexity index is 1200. The fraction of sp³-hybridized carbons (Fsp3) is 0.593. The van der Waals surface area contributed by atoms with E-state index in [9.17, 15) is 23.9 Å². The van der Waals surface area contributed by atoms with Gasteiger partial charge in [-0.25, -0.2) is 18.0 Å². The number of allylic oxidation sites excluding steroid dienone is 4. The molecule has 1 heterocycles. The van der Waals surface area contributed by atoms with Crippen molar-refractivity contribution >= 4 is 40.0 Å². The summed E-state index contributed by atoms with van der Waals surface area (Å²) in [6, 6.07) is 0.510. The van der Waals surface area contributed by atoms with Crippen LogP contribution in [0.3, 0.4) is 0 Å². The van der Waals surface area contributed by atoms with Crippen LogP contribution in [-0.4, -0.2) is 51.5 Å². The van der Waals surface area contributed by atoms with Crippen LogP contribution < -0.4 is 0 Å². The van der Waals surface area contributed by atoms with Crippen molar-refractivity contribution in [3.63, 3.8) is 0 Å². The maximum Gasteiger partial charge on any atom is 0.340 e. The first kappa shape index (κ1) is 26.7. The minimum atomic E-state index is -2.33. The van der Waals surface area contributed by atoms with E-state index in [1.54, 1.807) is 30.7 Å². The molecule has 0 aromatic carbocycles. The van der Waals surface area contributed by atoms with Crippen LogP contribution in [0.2, 0.25) is 0 Å². The number of alkyl halides is 3. The van der Waals surface area contributed by atoms with Gasteiger partial charge in [0.2, 0.25) is 5.12 Å². The number of fused-ring (bicyclic) bond motifs is 5. The Morgan fingerprint density at radius 3 is 2.65 bits per heavy atom. The van der Waals surface area contributed by atoms with Crippen LogP contribution >= 0.6 is 23.1 Å². The van der Waals surface area contributed by atoms with Crippen LogP contribution in [0.15, 0.2) is 40.6 Å². The lowest BCUT2D eigenvalue weighted by atomic mass is 9.44. The summed E-state index contributed by atoms with van der Waals surface area (Å²) in [4.78, 5) is 38.8. The Morgan fingerprint density at radius 2 is 2.00 bits per heavy atom. The zero-order valence-corrected chi connectivity index (χ0v) is 22.3. The van der Waals surface area contributed by atoms with Crippen LogP contribution in [-0.2, 0) is 14.3 Å². The molecule has 10 heteroatoms. The van der Waals surface area contributed by atoms with E-state index in [4.69, 9.17) is 4.74 Å². The number of hydrogen-bond acceptors (Lipinski definition) is 7. The molecule has 200 valence electrons. The van der Waals surface area contributed by atoms with Crippen molar-refractivity contribution in [3.05, 3.63) is 46.2 Å². The SMILES string of the molecule is CC1C[C@H]2[C@@H]3CC(F)C4=CC(=O)C=C[C@]4(C)C3(F)C(O)C[C@]2(C)C1(OC(=O)c1ccsc1)C(=O)SCF. The number of aliphatic hydroxyl groups excluding tert-OH is 1. The standard InChI is InChI=1S/C27H29F3O5S2/c1-14-8-17-18-10-20(29)19-9-16(31)4-6-24(19,2)26(18,30)21(32)11-25(17,3)27(14,23(34)37-13-28)35-22(33)15-5-7-36-12-15/h4-7,9,12,14,17-18,20-21,32H,8,10-11,13H2,1-3H3/t14?,17-,18-,20?,21?,24-,25-,26?,27?/m0/s1. The highest BCUT2D eigenvalue weighted by Gasteiger charge is 2.78. The lowest BCUT2D eigenvalue weighted by Gasteiger charge is -2.63. The van der Waals surface area contributed by atoms with E-state index in [0.717, 1.165) is 6.08 Å². The number of rotatable bonds is 4. The summed E-state index contributed by atoms with van der Waals surface area (Å²) in [7, 11) is 0. The third kappa shape index (κ3) is 3.37. The molecule has 9 atom stereocenters. The van der Waals surface area contributed by atoms with Crippen molar-refractivity contribution in [2.24, 2.45) is 28.6 Å². The van der Waals surface area contributed by atoms with Gasteiger partial charge in [-0.05, 0) is 73.0 Å². The molecule has 1 N–H and O–H groups in total. The molecule has 0 amide bonds. The van der Waals surface area contributed by atoms with E-state index < -0.39 is 75.0 Å². The highest BCUT2D eigenvalue weighted by Crippen LogP contribution is 2.72. The summed E-state index contributed by atoms with van der Waals surface area (Å²) < 4.78 is 52.5. The smallest absolute Gasteiger partial charge is 0.340 e. The van der Waals surface area contributed by atoms with Crippen molar-refractivity contribution in [3.8, 4) is 0 Å². The molecule has 3 fully saturated rings. The molecule has 37 heavy (non-hydrogen) atoms. The monoisotopic (exact) mass is 554 g/mol. The van der Waals surface area contributed by atoms with E-state index in [-0.39, 0.29) is 30.4 Å². The van der Waals surface area contributed by atoms with E-state index in [2.05, 4.69) is 0 Å². The predicted molar refractivity (Wildman–Crippen MR) is 134 cm³/mol. The molecule has 5 rings (SSSR count). The fourth-order valence-corrected chi connectivity index (χ4v) is 9.38. The quantitative estimate of drug-likeness (QED) is 0.503. The van der Waals surface area contributed by atoms with Crippen LogP contribution in [0.25, 0.3) is 0 Å². The van der Waals surface area contributed by atoms with Crippen LogP contribution in [0.4, 0.5) is 13.2 Å². The second-order valence-electron chi connectivity index (χ2n) is 11.2. The zero-order chi connectivity index (χ0) is 27.0. The van der Waals surface area contributed by atoms with Gasteiger partial charge >= 0.3 is 5.97 Å². The molecule has 3 saturated carbocycles. The normalized spacial score (nSPS) is 44.5. The van der Waals surface area contributed by atoms with Gasteiger partial charge in [0.1, 0.15) is 12.2 Å². The molecule has 0 spiro atoms. The number of carbonyl (C=O) groups is 3. The predicted octanol–water partition coefficient (Wildman–Crippen LogP) is 5.40. The molecule has 0 bridgehead atoms.